The van der Waals surface area contributed by atoms with E-state index >= 15 is 0 Å². The largest absolute Gasteiger partial charge is 0.497 e. The number of halogens is 1. The van der Waals surface area contributed by atoms with Crippen LogP contribution in [0.2, 0.25) is 0 Å². The van der Waals surface area contributed by atoms with Crippen molar-refractivity contribution in [3.63, 3.8) is 0 Å². The highest BCUT2D eigenvalue weighted by Crippen LogP contribution is 2.25. The predicted octanol–water partition coefficient (Wildman–Crippen LogP) is 3.42. The van der Waals surface area contributed by atoms with E-state index in [0.29, 0.717) is 5.92 Å². The number of nitrogens with zero attached hydrogens (tertiary/aromatic N) is 1. The Labute approximate surface area is 152 Å². The molecule has 1 aromatic carbocycles. The van der Waals surface area contributed by atoms with Crippen LogP contribution < -0.4 is 10.5 Å². The normalized spacial score (nSPS) is 17.8. The molecule has 0 spiro atoms. The van der Waals surface area contributed by atoms with Crippen molar-refractivity contribution in [3.05, 3.63) is 29.8 Å². The number of rotatable bonds is 6. The van der Waals surface area contributed by atoms with E-state index in [4.69, 9.17) is 10.5 Å². The summed E-state index contributed by atoms with van der Waals surface area (Å²) in [5.74, 6) is 1.65. The summed E-state index contributed by atoms with van der Waals surface area (Å²) in [5.41, 5.74) is 6.81. The Bertz CT molecular complexity index is 509. The molecule has 1 fully saturated rings. The minimum atomic E-state index is -0.711. The van der Waals surface area contributed by atoms with Crippen molar-refractivity contribution < 1.29 is 9.53 Å². The summed E-state index contributed by atoms with van der Waals surface area (Å²) in [6.45, 7) is 5.59. The molecule has 1 amide bonds. The second-order valence-corrected chi connectivity index (χ2v) is 6.96. The van der Waals surface area contributed by atoms with Crippen LogP contribution in [0.15, 0.2) is 24.3 Å². The maximum Gasteiger partial charge on any atom is 0.242 e. The maximum atomic E-state index is 12.5. The Balaban J connectivity index is 0.00000288. The first-order valence-corrected chi connectivity index (χ1v) is 8.67. The number of hydrogen-bond acceptors (Lipinski definition) is 3. The van der Waals surface area contributed by atoms with Gasteiger partial charge < -0.3 is 15.4 Å². The van der Waals surface area contributed by atoms with Crippen molar-refractivity contribution in [3.8, 4) is 5.75 Å². The number of likely N-dealkylation sites (tertiary alicyclic amines) is 1. The molecule has 0 saturated carbocycles. The molecule has 1 aliphatic rings. The highest BCUT2D eigenvalue weighted by molar-refractivity contribution is 5.86. The monoisotopic (exact) mass is 354 g/mol. The van der Waals surface area contributed by atoms with Crippen molar-refractivity contribution in [1.29, 1.82) is 0 Å². The maximum absolute atomic E-state index is 12.5. The zero-order valence-electron chi connectivity index (χ0n) is 15.1. The standard InChI is InChI=1S/C19H30N2O2.ClH/c1-4-11-19(2,20)18(22)21-12-9-16(10-13-21)14-15-5-7-17(23-3)8-6-15;/h5-8,16H,4,9-14,20H2,1-3H3;1H. The van der Waals surface area contributed by atoms with E-state index in [0.717, 1.165) is 50.9 Å². The number of nitrogens with two attached hydrogens (primary N) is 1. The van der Waals surface area contributed by atoms with E-state index in [1.165, 1.54) is 5.56 Å². The Hall–Kier alpha value is -1.26. The van der Waals surface area contributed by atoms with Crippen LogP contribution in [-0.4, -0.2) is 36.5 Å². The predicted molar refractivity (Wildman–Crippen MR) is 101 cm³/mol. The average Bonchev–Trinajstić information content (AvgIpc) is 2.55. The van der Waals surface area contributed by atoms with Crippen molar-refractivity contribution in [2.75, 3.05) is 20.2 Å². The van der Waals surface area contributed by atoms with Gasteiger partial charge in [0.2, 0.25) is 5.91 Å². The molecule has 0 bridgehead atoms. The molecule has 136 valence electrons. The fourth-order valence-corrected chi connectivity index (χ4v) is 3.42. The van der Waals surface area contributed by atoms with Gasteiger partial charge in [-0.15, -0.1) is 12.4 Å². The summed E-state index contributed by atoms with van der Waals surface area (Å²) in [6, 6.07) is 8.29. The van der Waals surface area contributed by atoms with E-state index in [1.54, 1.807) is 7.11 Å². The van der Waals surface area contributed by atoms with Gasteiger partial charge in [0.25, 0.3) is 0 Å². The lowest BCUT2D eigenvalue weighted by Crippen LogP contribution is -2.55. The summed E-state index contributed by atoms with van der Waals surface area (Å²) in [7, 11) is 1.69. The van der Waals surface area contributed by atoms with Gasteiger partial charge in [0.15, 0.2) is 0 Å². The second-order valence-electron chi connectivity index (χ2n) is 6.96. The SMILES string of the molecule is CCCC(C)(N)C(=O)N1CCC(Cc2ccc(OC)cc2)CC1.Cl. The lowest BCUT2D eigenvalue weighted by Gasteiger charge is -2.37. The molecule has 2 rings (SSSR count). The van der Waals surface area contributed by atoms with Gasteiger partial charge in [0, 0.05) is 13.1 Å². The van der Waals surface area contributed by atoms with Crippen molar-refractivity contribution in [2.24, 2.45) is 11.7 Å². The highest BCUT2D eigenvalue weighted by Gasteiger charge is 2.33. The lowest BCUT2D eigenvalue weighted by atomic mass is 9.88. The smallest absolute Gasteiger partial charge is 0.242 e. The first-order chi connectivity index (χ1) is 11.0. The Kier molecular flexibility index (Phi) is 8.04. The molecule has 5 heteroatoms. The molecule has 4 nitrogen and oxygen atoms in total. The van der Waals surface area contributed by atoms with Gasteiger partial charge in [0.05, 0.1) is 12.6 Å². The van der Waals surface area contributed by atoms with Gasteiger partial charge in [-0.25, -0.2) is 0 Å². The highest BCUT2D eigenvalue weighted by atomic mass is 35.5. The fraction of sp³-hybridized carbons (Fsp3) is 0.632. The molecule has 1 unspecified atom stereocenters. The Morgan fingerprint density at radius 2 is 1.88 bits per heavy atom. The molecule has 2 N–H and O–H groups in total. The second kappa shape index (κ2) is 9.28. The van der Waals surface area contributed by atoms with E-state index in [-0.39, 0.29) is 18.3 Å². The van der Waals surface area contributed by atoms with Gasteiger partial charge in [-0.05, 0) is 56.2 Å². The first kappa shape index (κ1) is 20.8. The quantitative estimate of drug-likeness (QED) is 0.851. The van der Waals surface area contributed by atoms with Crippen LogP contribution in [0.1, 0.15) is 45.1 Å². The molecule has 0 radical (unpaired) electrons. The molecular weight excluding hydrogens is 324 g/mol. The third kappa shape index (κ3) is 5.38. The number of hydrogen-bond donors (Lipinski definition) is 1. The van der Waals surface area contributed by atoms with Crippen LogP contribution in [0.4, 0.5) is 0 Å². The molecule has 1 atom stereocenters. The van der Waals surface area contributed by atoms with Crippen LogP contribution in [-0.2, 0) is 11.2 Å². The fourth-order valence-electron chi connectivity index (χ4n) is 3.42. The molecule has 1 aliphatic heterocycles. The third-order valence-electron chi connectivity index (χ3n) is 4.84. The molecular formula is C19H31ClN2O2. The van der Waals surface area contributed by atoms with Gasteiger partial charge in [-0.2, -0.15) is 0 Å². The topological polar surface area (TPSA) is 55.6 Å². The van der Waals surface area contributed by atoms with Crippen LogP contribution in [0.25, 0.3) is 0 Å². The van der Waals surface area contributed by atoms with Crippen molar-refractivity contribution >= 4 is 18.3 Å². The minimum Gasteiger partial charge on any atom is -0.497 e. The number of piperidine rings is 1. The van der Waals surface area contributed by atoms with Crippen LogP contribution in [0.5, 0.6) is 5.75 Å². The molecule has 1 aromatic rings. The van der Waals surface area contributed by atoms with Gasteiger partial charge in [-0.1, -0.05) is 25.5 Å². The zero-order chi connectivity index (χ0) is 16.9. The molecule has 24 heavy (non-hydrogen) atoms. The van der Waals surface area contributed by atoms with Crippen molar-refractivity contribution in [2.45, 2.75) is 51.5 Å². The summed E-state index contributed by atoms with van der Waals surface area (Å²) in [6.07, 6.45) is 4.87. The van der Waals surface area contributed by atoms with Crippen LogP contribution >= 0.6 is 12.4 Å². The Morgan fingerprint density at radius 1 is 1.29 bits per heavy atom. The lowest BCUT2D eigenvalue weighted by molar-refractivity contribution is -0.138. The molecule has 0 aliphatic carbocycles. The number of methoxy groups -OCH3 is 1. The number of ether oxygens (including phenoxy) is 1. The number of carbonyl (C=O) groups excluding carboxylic acids is 1. The van der Waals surface area contributed by atoms with Gasteiger partial charge >= 0.3 is 0 Å². The summed E-state index contributed by atoms with van der Waals surface area (Å²) < 4.78 is 5.20. The summed E-state index contributed by atoms with van der Waals surface area (Å²) in [4.78, 5) is 14.5. The van der Waals surface area contributed by atoms with Crippen molar-refractivity contribution in [1.82, 2.24) is 4.90 Å². The van der Waals surface area contributed by atoms with Gasteiger partial charge in [-0.3, -0.25) is 4.79 Å². The third-order valence-corrected chi connectivity index (χ3v) is 4.84. The first-order valence-electron chi connectivity index (χ1n) is 8.67. The summed E-state index contributed by atoms with van der Waals surface area (Å²) >= 11 is 0. The molecule has 1 saturated heterocycles. The van der Waals surface area contributed by atoms with Crippen LogP contribution in [0.3, 0.4) is 0 Å². The van der Waals surface area contributed by atoms with Gasteiger partial charge in [0.1, 0.15) is 5.75 Å². The average molecular weight is 355 g/mol. The van der Waals surface area contributed by atoms with E-state index in [9.17, 15) is 4.79 Å². The molecule has 0 aromatic heterocycles. The number of amides is 1. The minimum absolute atomic E-state index is 0. The number of benzene rings is 1. The van der Waals surface area contributed by atoms with E-state index in [1.807, 2.05) is 24.0 Å². The Morgan fingerprint density at radius 3 is 2.38 bits per heavy atom. The molecule has 1 heterocycles. The number of carbonyl (C=O) groups is 1. The van der Waals surface area contributed by atoms with E-state index < -0.39 is 5.54 Å². The zero-order valence-corrected chi connectivity index (χ0v) is 15.9. The van der Waals surface area contributed by atoms with Crippen LogP contribution in [0, 0.1) is 5.92 Å². The summed E-state index contributed by atoms with van der Waals surface area (Å²) in [5, 5.41) is 0. The van der Waals surface area contributed by atoms with E-state index in [2.05, 4.69) is 19.1 Å².